The van der Waals surface area contributed by atoms with Crippen LogP contribution < -0.4 is 10.1 Å². The molecule has 1 fully saturated rings. The van der Waals surface area contributed by atoms with Crippen LogP contribution in [0, 0.1) is 0 Å². The van der Waals surface area contributed by atoms with Crippen molar-refractivity contribution in [3.63, 3.8) is 0 Å². The zero-order valence-electron chi connectivity index (χ0n) is 12.0. The standard InChI is InChI=1S/C16H25NO2/c1-3-17-12-16(19-14-8-4-5-9-14)13-7-6-10-15(11-13)18-2/h6-7,10-11,14,16-17H,3-5,8-9,12H2,1-2H3. The van der Waals surface area contributed by atoms with Gasteiger partial charge in [0.1, 0.15) is 5.75 Å². The van der Waals surface area contributed by atoms with Gasteiger partial charge in [0.2, 0.25) is 0 Å². The summed E-state index contributed by atoms with van der Waals surface area (Å²) in [6.07, 6.45) is 5.56. The molecule has 1 aliphatic rings. The minimum atomic E-state index is 0.123. The fourth-order valence-electron chi connectivity index (χ4n) is 2.62. The first kappa shape index (κ1) is 14.4. The molecule has 3 nitrogen and oxygen atoms in total. The summed E-state index contributed by atoms with van der Waals surface area (Å²) < 4.78 is 11.6. The predicted octanol–water partition coefficient (Wildman–Crippen LogP) is 3.31. The average Bonchev–Trinajstić information content (AvgIpc) is 2.96. The van der Waals surface area contributed by atoms with Crippen LogP contribution in [0.2, 0.25) is 0 Å². The Kier molecular flexibility index (Phi) is 5.67. The molecule has 3 heteroatoms. The smallest absolute Gasteiger partial charge is 0.119 e. The maximum Gasteiger partial charge on any atom is 0.119 e. The van der Waals surface area contributed by atoms with Crippen molar-refractivity contribution in [3.8, 4) is 5.75 Å². The third kappa shape index (κ3) is 4.22. The van der Waals surface area contributed by atoms with Gasteiger partial charge in [-0.2, -0.15) is 0 Å². The zero-order chi connectivity index (χ0) is 13.5. The molecule has 0 aliphatic heterocycles. The number of hydrogen-bond donors (Lipinski definition) is 1. The average molecular weight is 263 g/mol. The molecule has 0 aromatic heterocycles. The number of methoxy groups -OCH3 is 1. The van der Waals surface area contributed by atoms with Gasteiger partial charge in [0.15, 0.2) is 0 Å². The Morgan fingerprint density at radius 2 is 2.11 bits per heavy atom. The number of ether oxygens (including phenoxy) is 2. The molecule has 0 saturated heterocycles. The van der Waals surface area contributed by atoms with E-state index in [0.717, 1.165) is 18.8 Å². The second-order valence-corrected chi connectivity index (χ2v) is 5.12. The minimum Gasteiger partial charge on any atom is -0.497 e. The van der Waals surface area contributed by atoms with Crippen LogP contribution >= 0.6 is 0 Å². The summed E-state index contributed by atoms with van der Waals surface area (Å²) in [4.78, 5) is 0. The second kappa shape index (κ2) is 7.51. The van der Waals surface area contributed by atoms with Crippen LogP contribution in [-0.2, 0) is 4.74 Å². The molecule has 0 amide bonds. The summed E-state index contributed by atoms with van der Waals surface area (Å²) in [5.41, 5.74) is 1.20. The summed E-state index contributed by atoms with van der Waals surface area (Å²) in [6.45, 7) is 3.95. The first-order chi connectivity index (χ1) is 9.33. The summed E-state index contributed by atoms with van der Waals surface area (Å²) in [5.74, 6) is 0.897. The Labute approximate surface area is 116 Å². The van der Waals surface area contributed by atoms with Gasteiger partial charge in [-0.3, -0.25) is 0 Å². The van der Waals surface area contributed by atoms with Gasteiger partial charge in [-0.1, -0.05) is 31.9 Å². The maximum absolute atomic E-state index is 6.28. The highest BCUT2D eigenvalue weighted by molar-refractivity contribution is 5.30. The molecular formula is C16H25NO2. The van der Waals surface area contributed by atoms with Crippen molar-refractivity contribution in [2.45, 2.75) is 44.8 Å². The maximum atomic E-state index is 6.28. The van der Waals surface area contributed by atoms with Gasteiger partial charge in [-0.15, -0.1) is 0 Å². The summed E-state index contributed by atoms with van der Waals surface area (Å²) in [6, 6.07) is 8.21. The summed E-state index contributed by atoms with van der Waals surface area (Å²) in [5, 5.41) is 3.39. The van der Waals surface area contributed by atoms with Crippen molar-refractivity contribution in [2.24, 2.45) is 0 Å². The van der Waals surface area contributed by atoms with Crippen LogP contribution in [0.15, 0.2) is 24.3 Å². The normalized spacial score (nSPS) is 17.6. The highest BCUT2D eigenvalue weighted by Crippen LogP contribution is 2.28. The van der Waals surface area contributed by atoms with Gasteiger partial charge in [0, 0.05) is 6.54 Å². The first-order valence-corrected chi connectivity index (χ1v) is 7.33. The van der Waals surface area contributed by atoms with Gasteiger partial charge in [0.05, 0.1) is 19.3 Å². The van der Waals surface area contributed by atoms with E-state index in [1.54, 1.807) is 7.11 Å². The van der Waals surface area contributed by atoms with E-state index in [-0.39, 0.29) is 6.10 Å². The predicted molar refractivity (Wildman–Crippen MR) is 77.6 cm³/mol. The molecule has 106 valence electrons. The molecule has 1 N–H and O–H groups in total. The molecule has 1 aromatic carbocycles. The molecule has 1 unspecified atom stereocenters. The van der Waals surface area contributed by atoms with Gasteiger partial charge in [-0.25, -0.2) is 0 Å². The number of hydrogen-bond acceptors (Lipinski definition) is 3. The van der Waals surface area contributed by atoms with E-state index in [9.17, 15) is 0 Å². The zero-order valence-corrected chi connectivity index (χ0v) is 12.0. The van der Waals surface area contributed by atoms with Crippen molar-refractivity contribution < 1.29 is 9.47 Å². The van der Waals surface area contributed by atoms with Crippen LogP contribution in [0.1, 0.15) is 44.3 Å². The monoisotopic (exact) mass is 263 g/mol. The van der Waals surface area contributed by atoms with Gasteiger partial charge in [-0.05, 0) is 37.1 Å². The molecule has 1 aliphatic carbocycles. The van der Waals surface area contributed by atoms with E-state index in [4.69, 9.17) is 9.47 Å². The van der Waals surface area contributed by atoms with E-state index < -0.39 is 0 Å². The Balaban J connectivity index is 2.05. The fraction of sp³-hybridized carbons (Fsp3) is 0.625. The van der Waals surface area contributed by atoms with Gasteiger partial charge < -0.3 is 14.8 Å². The molecule has 1 saturated carbocycles. The molecule has 0 spiro atoms. The lowest BCUT2D eigenvalue weighted by Crippen LogP contribution is -2.26. The number of benzene rings is 1. The Morgan fingerprint density at radius 3 is 2.79 bits per heavy atom. The van der Waals surface area contributed by atoms with E-state index in [0.29, 0.717) is 6.10 Å². The molecule has 0 heterocycles. The van der Waals surface area contributed by atoms with Crippen LogP contribution in [0.4, 0.5) is 0 Å². The lowest BCUT2D eigenvalue weighted by Gasteiger charge is -2.23. The first-order valence-electron chi connectivity index (χ1n) is 7.33. The highest BCUT2D eigenvalue weighted by atomic mass is 16.5. The minimum absolute atomic E-state index is 0.123. The lowest BCUT2D eigenvalue weighted by molar-refractivity contribution is -0.00858. The third-order valence-electron chi connectivity index (χ3n) is 3.70. The van der Waals surface area contributed by atoms with Crippen LogP contribution in [0.5, 0.6) is 5.75 Å². The van der Waals surface area contributed by atoms with Gasteiger partial charge >= 0.3 is 0 Å². The van der Waals surface area contributed by atoms with Crippen molar-refractivity contribution in [2.75, 3.05) is 20.2 Å². The SMILES string of the molecule is CCNCC(OC1CCCC1)c1cccc(OC)c1. The lowest BCUT2D eigenvalue weighted by atomic mass is 10.1. The van der Waals surface area contributed by atoms with Gasteiger partial charge in [0.25, 0.3) is 0 Å². The Morgan fingerprint density at radius 1 is 1.32 bits per heavy atom. The second-order valence-electron chi connectivity index (χ2n) is 5.12. The van der Waals surface area contributed by atoms with Crippen molar-refractivity contribution in [1.82, 2.24) is 5.32 Å². The molecule has 1 aromatic rings. The summed E-state index contributed by atoms with van der Waals surface area (Å²) in [7, 11) is 1.70. The summed E-state index contributed by atoms with van der Waals surface area (Å²) >= 11 is 0. The van der Waals surface area contributed by atoms with E-state index in [1.807, 2.05) is 12.1 Å². The van der Waals surface area contributed by atoms with E-state index in [1.165, 1.54) is 31.2 Å². The number of likely N-dealkylation sites (N-methyl/N-ethyl adjacent to an activating group) is 1. The van der Waals surface area contributed by atoms with Crippen LogP contribution in [-0.4, -0.2) is 26.3 Å². The molecule has 1 atom stereocenters. The van der Waals surface area contributed by atoms with E-state index >= 15 is 0 Å². The van der Waals surface area contributed by atoms with Crippen molar-refractivity contribution >= 4 is 0 Å². The van der Waals surface area contributed by atoms with Crippen molar-refractivity contribution in [1.29, 1.82) is 0 Å². The fourth-order valence-corrected chi connectivity index (χ4v) is 2.62. The topological polar surface area (TPSA) is 30.5 Å². The molecule has 2 rings (SSSR count). The largest absolute Gasteiger partial charge is 0.497 e. The molecule has 19 heavy (non-hydrogen) atoms. The van der Waals surface area contributed by atoms with Crippen LogP contribution in [0.3, 0.4) is 0 Å². The van der Waals surface area contributed by atoms with Crippen LogP contribution in [0.25, 0.3) is 0 Å². The number of rotatable bonds is 7. The highest BCUT2D eigenvalue weighted by Gasteiger charge is 2.21. The molecule has 0 bridgehead atoms. The van der Waals surface area contributed by atoms with Crippen molar-refractivity contribution in [3.05, 3.63) is 29.8 Å². The third-order valence-corrected chi connectivity index (χ3v) is 3.70. The molecular weight excluding hydrogens is 238 g/mol. The van der Waals surface area contributed by atoms with E-state index in [2.05, 4.69) is 24.4 Å². The molecule has 0 radical (unpaired) electrons. The quantitative estimate of drug-likeness (QED) is 0.818. The Bertz CT molecular complexity index is 375. The Hall–Kier alpha value is -1.06. The number of nitrogens with one attached hydrogen (secondary N) is 1.